The normalized spacial score (nSPS) is 12.9. The van der Waals surface area contributed by atoms with Crippen LogP contribution < -0.4 is 0 Å². The van der Waals surface area contributed by atoms with E-state index in [0.717, 1.165) is 11.1 Å². The van der Waals surface area contributed by atoms with E-state index in [4.69, 9.17) is 11.6 Å². The first-order valence-corrected chi connectivity index (χ1v) is 4.99. The topological polar surface area (TPSA) is 20.2 Å². The van der Waals surface area contributed by atoms with Crippen LogP contribution in [0.5, 0.6) is 0 Å². The summed E-state index contributed by atoms with van der Waals surface area (Å²) in [5, 5.41) is 9.71. The molecule has 0 heterocycles. The Morgan fingerprint density at radius 1 is 1.38 bits per heavy atom. The Bertz CT molecular complexity index is 283. The molecule has 0 saturated carbocycles. The molecule has 72 valence electrons. The van der Waals surface area contributed by atoms with E-state index in [0.29, 0.717) is 12.3 Å². The lowest BCUT2D eigenvalue weighted by atomic mass is 10.00. The van der Waals surface area contributed by atoms with E-state index in [2.05, 4.69) is 6.07 Å². The molecular formula is C11H15ClO. The number of benzene rings is 1. The van der Waals surface area contributed by atoms with E-state index in [1.54, 1.807) is 0 Å². The van der Waals surface area contributed by atoms with Gasteiger partial charge in [-0.05, 0) is 31.4 Å². The monoisotopic (exact) mass is 198 g/mol. The smallest absolute Gasteiger partial charge is 0.0804 e. The quantitative estimate of drug-likeness (QED) is 0.741. The highest BCUT2D eigenvalue weighted by molar-refractivity contribution is 6.17. The molecule has 0 aromatic heterocycles. The summed E-state index contributed by atoms with van der Waals surface area (Å²) in [6, 6.07) is 6.06. The molecule has 1 aromatic rings. The molecular weight excluding hydrogens is 184 g/mol. The zero-order valence-corrected chi connectivity index (χ0v) is 8.80. The lowest BCUT2D eigenvalue weighted by Gasteiger charge is -2.12. The molecule has 0 unspecified atom stereocenters. The van der Waals surface area contributed by atoms with Gasteiger partial charge in [-0.15, -0.1) is 11.6 Å². The molecule has 1 aromatic carbocycles. The van der Waals surface area contributed by atoms with Crippen molar-refractivity contribution in [1.82, 2.24) is 0 Å². The zero-order chi connectivity index (χ0) is 9.84. The molecule has 0 fully saturated rings. The van der Waals surface area contributed by atoms with Crippen LogP contribution in [0.3, 0.4) is 0 Å². The maximum atomic E-state index is 9.71. The van der Waals surface area contributed by atoms with Crippen molar-refractivity contribution in [1.29, 1.82) is 0 Å². The van der Waals surface area contributed by atoms with E-state index in [-0.39, 0.29) is 0 Å². The number of alkyl halides is 1. The minimum Gasteiger partial charge on any atom is -0.388 e. The van der Waals surface area contributed by atoms with Gasteiger partial charge in [-0.3, -0.25) is 0 Å². The van der Waals surface area contributed by atoms with Crippen molar-refractivity contribution in [3.8, 4) is 0 Å². The van der Waals surface area contributed by atoms with Crippen molar-refractivity contribution in [2.75, 3.05) is 5.88 Å². The minimum absolute atomic E-state index is 0.418. The number of aliphatic hydroxyl groups is 1. The molecule has 0 bridgehead atoms. The molecule has 13 heavy (non-hydrogen) atoms. The van der Waals surface area contributed by atoms with Crippen molar-refractivity contribution >= 4 is 11.6 Å². The first-order valence-electron chi connectivity index (χ1n) is 4.46. The van der Waals surface area contributed by atoms with Crippen molar-refractivity contribution in [2.24, 2.45) is 0 Å². The molecule has 0 aliphatic carbocycles. The summed E-state index contributed by atoms with van der Waals surface area (Å²) in [5.41, 5.74) is 3.35. The van der Waals surface area contributed by atoms with E-state index in [1.165, 1.54) is 5.56 Å². The highest BCUT2D eigenvalue weighted by Crippen LogP contribution is 2.21. The van der Waals surface area contributed by atoms with Gasteiger partial charge < -0.3 is 5.11 Å². The van der Waals surface area contributed by atoms with Gasteiger partial charge in [0.15, 0.2) is 0 Å². The van der Waals surface area contributed by atoms with Gasteiger partial charge in [0.1, 0.15) is 0 Å². The molecule has 1 nitrogen and oxygen atoms in total. The fraction of sp³-hybridized carbons (Fsp3) is 0.455. The van der Waals surface area contributed by atoms with Crippen LogP contribution in [0.1, 0.15) is 29.2 Å². The Balaban J connectivity index is 2.88. The van der Waals surface area contributed by atoms with Crippen LogP contribution in [-0.2, 0) is 0 Å². The van der Waals surface area contributed by atoms with Crippen LogP contribution in [0, 0.1) is 13.8 Å². The Hall–Kier alpha value is -0.530. The molecule has 0 radical (unpaired) electrons. The summed E-state index contributed by atoms with van der Waals surface area (Å²) in [6.07, 6.45) is 0.198. The Labute approximate surface area is 84.4 Å². The predicted molar refractivity (Wildman–Crippen MR) is 56.2 cm³/mol. The summed E-state index contributed by atoms with van der Waals surface area (Å²) in [7, 11) is 0. The average Bonchev–Trinajstić information content (AvgIpc) is 2.04. The van der Waals surface area contributed by atoms with E-state index >= 15 is 0 Å². The van der Waals surface area contributed by atoms with Crippen molar-refractivity contribution in [3.05, 3.63) is 34.9 Å². The molecule has 0 saturated heterocycles. The van der Waals surface area contributed by atoms with Gasteiger partial charge in [-0.1, -0.05) is 23.8 Å². The average molecular weight is 199 g/mol. The molecule has 0 spiro atoms. The summed E-state index contributed by atoms with van der Waals surface area (Å²) < 4.78 is 0. The van der Waals surface area contributed by atoms with E-state index in [9.17, 15) is 5.11 Å². The number of hydrogen-bond donors (Lipinski definition) is 1. The van der Waals surface area contributed by atoms with Gasteiger partial charge in [0.25, 0.3) is 0 Å². The SMILES string of the molecule is Cc1ccc([C@H](O)CCCl)c(C)c1. The largest absolute Gasteiger partial charge is 0.388 e. The first kappa shape index (κ1) is 10.6. The lowest BCUT2D eigenvalue weighted by Crippen LogP contribution is -2.00. The number of hydrogen-bond acceptors (Lipinski definition) is 1. The fourth-order valence-electron chi connectivity index (χ4n) is 1.46. The maximum Gasteiger partial charge on any atom is 0.0804 e. The summed E-state index contributed by atoms with van der Waals surface area (Å²) in [6.45, 7) is 4.06. The minimum atomic E-state index is -0.418. The lowest BCUT2D eigenvalue weighted by molar-refractivity contribution is 0.174. The van der Waals surface area contributed by atoms with Crippen molar-refractivity contribution in [3.63, 3.8) is 0 Å². The van der Waals surface area contributed by atoms with Gasteiger partial charge in [0, 0.05) is 5.88 Å². The van der Waals surface area contributed by atoms with Gasteiger partial charge in [0.05, 0.1) is 6.10 Å². The third-order valence-electron chi connectivity index (χ3n) is 2.17. The second-order valence-electron chi connectivity index (χ2n) is 3.35. The summed E-state index contributed by atoms with van der Waals surface area (Å²) in [4.78, 5) is 0. The Morgan fingerprint density at radius 3 is 2.62 bits per heavy atom. The highest BCUT2D eigenvalue weighted by atomic mass is 35.5. The predicted octanol–water partition coefficient (Wildman–Crippen LogP) is 2.97. The molecule has 0 aliphatic rings. The van der Waals surface area contributed by atoms with Crippen molar-refractivity contribution in [2.45, 2.75) is 26.4 Å². The van der Waals surface area contributed by atoms with Crippen LogP contribution in [0.15, 0.2) is 18.2 Å². The number of aliphatic hydroxyl groups excluding tert-OH is 1. The van der Waals surface area contributed by atoms with Gasteiger partial charge in [-0.25, -0.2) is 0 Å². The number of aryl methyl sites for hydroxylation is 2. The highest BCUT2D eigenvalue weighted by Gasteiger charge is 2.08. The van der Waals surface area contributed by atoms with Crippen LogP contribution in [0.2, 0.25) is 0 Å². The number of rotatable bonds is 3. The van der Waals surface area contributed by atoms with Crippen LogP contribution >= 0.6 is 11.6 Å². The fourth-order valence-corrected chi connectivity index (χ4v) is 1.67. The second-order valence-corrected chi connectivity index (χ2v) is 3.73. The first-order chi connectivity index (χ1) is 6.15. The van der Waals surface area contributed by atoms with Crippen LogP contribution in [-0.4, -0.2) is 11.0 Å². The van der Waals surface area contributed by atoms with E-state index < -0.39 is 6.10 Å². The zero-order valence-electron chi connectivity index (χ0n) is 8.05. The second kappa shape index (κ2) is 4.64. The third kappa shape index (κ3) is 2.71. The summed E-state index contributed by atoms with van der Waals surface area (Å²) in [5.74, 6) is 0.495. The van der Waals surface area contributed by atoms with Crippen LogP contribution in [0.25, 0.3) is 0 Å². The van der Waals surface area contributed by atoms with E-state index in [1.807, 2.05) is 26.0 Å². The summed E-state index contributed by atoms with van der Waals surface area (Å²) >= 11 is 5.57. The molecule has 1 N–H and O–H groups in total. The molecule has 0 aliphatic heterocycles. The standard InChI is InChI=1S/C11H15ClO/c1-8-3-4-10(9(2)7-8)11(13)5-6-12/h3-4,7,11,13H,5-6H2,1-2H3/t11-/m1/s1. The Kier molecular flexibility index (Phi) is 3.76. The molecule has 2 heteroatoms. The van der Waals surface area contributed by atoms with Crippen molar-refractivity contribution < 1.29 is 5.11 Å². The van der Waals surface area contributed by atoms with Crippen LogP contribution in [0.4, 0.5) is 0 Å². The molecule has 1 rings (SSSR count). The van der Waals surface area contributed by atoms with Gasteiger partial charge in [-0.2, -0.15) is 0 Å². The van der Waals surface area contributed by atoms with Gasteiger partial charge in [0.2, 0.25) is 0 Å². The van der Waals surface area contributed by atoms with Gasteiger partial charge >= 0.3 is 0 Å². The third-order valence-corrected chi connectivity index (χ3v) is 2.39. The number of halogens is 1. The molecule has 1 atom stereocenters. The maximum absolute atomic E-state index is 9.71. The molecule has 0 amide bonds. The Morgan fingerprint density at radius 2 is 2.08 bits per heavy atom.